The molecule has 7 heteroatoms. The minimum absolute atomic E-state index is 0.134. The van der Waals surface area contributed by atoms with Gasteiger partial charge in [0, 0.05) is 18.2 Å². The number of benzene rings is 1. The molecule has 0 spiro atoms. The number of hydrogen-bond donors (Lipinski definition) is 3. The molecular formula is C19H20N4O3. The van der Waals surface area contributed by atoms with Crippen LogP contribution in [0.4, 0.5) is 5.82 Å². The van der Waals surface area contributed by atoms with Crippen LogP contribution in [0.5, 0.6) is 0 Å². The van der Waals surface area contributed by atoms with Crippen molar-refractivity contribution in [1.82, 2.24) is 14.5 Å². The Balaban J connectivity index is 1.78. The van der Waals surface area contributed by atoms with Crippen LogP contribution >= 0.6 is 0 Å². The zero-order chi connectivity index (χ0) is 18.1. The Labute approximate surface area is 150 Å². The highest BCUT2D eigenvalue weighted by Crippen LogP contribution is 2.34. The van der Waals surface area contributed by atoms with Gasteiger partial charge < -0.3 is 25.3 Å². The quantitative estimate of drug-likeness (QED) is 0.661. The molecule has 1 aromatic carbocycles. The molecule has 26 heavy (non-hydrogen) atoms. The molecule has 0 aliphatic carbocycles. The molecular weight excluding hydrogens is 332 g/mol. The molecule has 4 N–H and O–H groups in total. The third-order valence-corrected chi connectivity index (χ3v) is 4.57. The summed E-state index contributed by atoms with van der Waals surface area (Å²) in [5.74, 6) is 0.368. The highest BCUT2D eigenvalue weighted by molar-refractivity contribution is 5.96. The third-order valence-electron chi connectivity index (χ3n) is 4.57. The predicted molar refractivity (Wildman–Crippen MR) is 98.9 cm³/mol. The van der Waals surface area contributed by atoms with Crippen molar-refractivity contribution in [3.8, 4) is 0 Å². The number of rotatable bonds is 4. The number of fused-ring (bicyclic) bond motifs is 1. The Bertz CT molecular complexity index is 939. The maximum atomic E-state index is 10.3. The Morgan fingerprint density at radius 3 is 2.77 bits per heavy atom. The van der Waals surface area contributed by atoms with Crippen molar-refractivity contribution in [3.63, 3.8) is 0 Å². The maximum Gasteiger partial charge on any atom is 0.161 e. The van der Waals surface area contributed by atoms with E-state index >= 15 is 0 Å². The summed E-state index contributed by atoms with van der Waals surface area (Å²) in [7, 11) is 0. The molecule has 1 aliphatic rings. The molecule has 0 bridgehead atoms. The van der Waals surface area contributed by atoms with Crippen LogP contribution in [0.25, 0.3) is 23.2 Å². The summed E-state index contributed by atoms with van der Waals surface area (Å²) < 4.78 is 7.53. The van der Waals surface area contributed by atoms with Gasteiger partial charge in [-0.25, -0.2) is 9.97 Å². The molecule has 1 fully saturated rings. The molecule has 0 amide bonds. The van der Waals surface area contributed by atoms with Gasteiger partial charge in [0.2, 0.25) is 0 Å². The van der Waals surface area contributed by atoms with E-state index in [4.69, 9.17) is 10.5 Å². The first-order valence-corrected chi connectivity index (χ1v) is 8.46. The number of aliphatic hydroxyl groups excluding tert-OH is 2. The van der Waals surface area contributed by atoms with E-state index in [-0.39, 0.29) is 6.61 Å². The number of anilines is 1. The van der Waals surface area contributed by atoms with Crippen molar-refractivity contribution in [2.24, 2.45) is 0 Å². The van der Waals surface area contributed by atoms with Gasteiger partial charge in [-0.15, -0.1) is 0 Å². The summed E-state index contributed by atoms with van der Waals surface area (Å²) >= 11 is 0. The van der Waals surface area contributed by atoms with Crippen LogP contribution in [0.2, 0.25) is 0 Å². The Hall–Kier alpha value is -2.74. The van der Waals surface area contributed by atoms with E-state index < -0.39 is 18.4 Å². The first kappa shape index (κ1) is 16.7. The number of nitrogen functional groups attached to an aromatic ring is 1. The first-order valence-electron chi connectivity index (χ1n) is 8.46. The van der Waals surface area contributed by atoms with Crippen molar-refractivity contribution in [2.45, 2.75) is 24.9 Å². The molecule has 3 atom stereocenters. The molecule has 2 aromatic heterocycles. The number of aromatic nitrogens is 3. The lowest BCUT2D eigenvalue weighted by Gasteiger charge is -2.17. The summed E-state index contributed by atoms with van der Waals surface area (Å²) in [5, 5.41) is 20.4. The Morgan fingerprint density at radius 2 is 2.04 bits per heavy atom. The van der Waals surface area contributed by atoms with E-state index in [0.717, 1.165) is 11.1 Å². The molecule has 3 aromatic rings. The first-order chi connectivity index (χ1) is 12.7. The number of nitrogens with two attached hydrogens (primary N) is 1. The van der Waals surface area contributed by atoms with Gasteiger partial charge in [-0.2, -0.15) is 0 Å². The van der Waals surface area contributed by atoms with E-state index in [2.05, 4.69) is 9.97 Å². The van der Waals surface area contributed by atoms with Crippen LogP contribution in [-0.2, 0) is 4.74 Å². The summed E-state index contributed by atoms with van der Waals surface area (Å²) in [6.07, 6.45) is 5.79. The van der Waals surface area contributed by atoms with Crippen LogP contribution in [-0.4, -0.2) is 43.6 Å². The maximum absolute atomic E-state index is 10.3. The molecule has 0 unspecified atom stereocenters. The van der Waals surface area contributed by atoms with Gasteiger partial charge in [-0.1, -0.05) is 42.5 Å². The van der Waals surface area contributed by atoms with Crippen molar-refractivity contribution in [2.75, 3.05) is 12.3 Å². The third kappa shape index (κ3) is 2.96. The largest absolute Gasteiger partial charge is 0.394 e. The van der Waals surface area contributed by atoms with Crippen molar-refractivity contribution in [3.05, 3.63) is 54.0 Å². The van der Waals surface area contributed by atoms with Crippen molar-refractivity contribution in [1.29, 1.82) is 0 Å². The SMILES string of the molecule is Nc1ncnc2c1c(/C=C/c1ccccc1)cn2[C@@H]1O[C@H](CO)C[C@H]1O. The minimum Gasteiger partial charge on any atom is -0.394 e. The zero-order valence-electron chi connectivity index (χ0n) is 14.1. The number of hydrogen-bond acceptors (Lipinski definition) is 6. The highest BCUT2D eigenvalue weighted by atomic mass is 16.5. The summed E-state index contributed by atoms with van der Waals surface area (Å²) in [5.41, 5.74) is 8.57. The second-order valence-electron chi connectivity index (χ2n) is 6.33. The molecule has 0 saturated carbocycles. The topological polar surface area (TPSA) is 106 Å². The van der Waals surface area contributed by atoms with Gasteiger partial charge in [0.05, 0.1) is 18.1 Å². The zero-order valence-corrected chi connectivity index (χ0v) is 14.1. The van der Waals surface area contributed by atoms with E-state index in [1.54, 1.807) is 4.57 Å². The average molecular weight is 352 g/mol. The fraction of sp³-hybridized carbons (Fsp3) is 0.263. The summed E-state index contributed by atoms with van der Waals surface area (Å²) in [6, 6.07) is 9.91. The van der Waals surface area contributed by atoms with Gasteiger partial charge in [-0.3, -0.25) is 0 Å². The van der Waals surface area contributed by atoms with E-state index in [9.17, 15) is 10.2 Å². The lowest BCUT2D eigenvalue weighted by molar-refractivity contribution is -0.0484. The second kappa shape index (κ2) is 6.87. The van der Waals surface area contributed by atoms with Gasteiger partial charge in [-0.05, 0) is 5.56 Å². The summed E-state index contributed by atoms with van der Waals surface area (Å²) in [4.78, 5) is 8.42. The molecule has 4 rings (SSSR count). The Morgan fingerprint density at radius 1 is 1.23 bits per heavy atom. The Kier molecular flexibility index (Phi) is 4.42. The molecule has 1 aliphatic heterocycles. The highest BCUT2D eigenvalue weighted by Gasteiger charge is 2.36. The molecule has 7 nitrogen and oxygen atoms in total. The van der Waals surface area contributed by atoms with Gasteiger partial charge in [0.1, 0.15) is 23.9 Å². The van der Waals surface area contributed by atoms with Crippen LogP contribution in [0, 0.1) is 0 Å². The number of ether oxygens (including phenoxy) is 1. The fourth-order valence-electron chi connectivity index (χ4n) is 3.31. The minimum atomic E-state index is -0.732. The van der Waals surface area contributed by atoms with E-state index in [1.165, 1.54) is 6.33 Å². The van der Waals surface area contributed by atoms with Gasteiger partial charge in [0.15, 0.2) is 6.23 Å². The number of aliphatic hydroxyl groups is 2. The van der Waals surface area contributed by atoms with Crippen LogP contribution in [0.15, 0.2) is 42.9 Å². The van der Waals surface area contributed by atoms with Crippen molar-refractivity contribution < 1.29 is 14.9 Å². The van der Waals surface area contributed by atoms with Gasteiger partial charge in [0.25, 0.3) is 0 Å². The lowest BCUT2D eigenvalue weighted by atomic mass is 10.1. The second-order valence-corrected chi connectivity index (χ2v) is 6.33. The number of nitrogens with zero attached hydrogens (tertiary/aromatic N) is 3. The monoisotopic (exact) mass is 352 g/mol. The van der Waals surface area contributed by atoms with Crippen molar-refractivity contribution >= 4 is 29.0 Å². The molecule has 0 radical (unpaired) electrons. The average Bonchev–Trinajstić information content (AvgIpc) is 3.22. The van der Waals surface area contributed by atoms with E-state index in [0.29, 0.717) is 23.3 Å². The standard InChI is InChI=1S/C19H20N4O3/c20-17-16-13(7-6-12-4-2-1-3-5-12)9-23(18(16)22-11-21-17)19-15(25)8-14(10-24)26-19/h1-7,9,11,14-15,19,24-25H,8,10H2,(H2,20,21,22)/b7-6+/t14-,15+,19+/m0/s1. The molecule has 134 valence electrons. The normalized spacial score (nSPS) is 23.2. The fourth-order valence-corrected chi connectivity index (χ4v) is 3.31. The van der Waals surface area contributed by atoms with Crippen LogP contribution in [0.3, 0.4) is 0 Å². The van der Waals surface area contributed by atoms with E-state index in [1.807, 2.05) is 48.7 Å². The van der Waals surface area contributed by atoms with Crippen LogP contribution < -0.4 is 5.73 Å². The molecule has 1 saturated heterocycles. The smallest absolute Gasteiger partial charge is 0.161 e. The predicted octanol–water partition coefficient (Wildman–Crippen LogP) is 1.82. The lowest BCUT2D eigenvalue weighted by Crippen LogP contribution is -2.19. The van der Waals surface area contributed by atoms with Gasteiger partial charge >= 0.3 is 0 Å². The summed E-state index contributed by atoms with van der Waals surface area (Å²) in [6.45, 7) is -0.134. The molecule has 3 heterocycles. The van der Waals surface area contributed by atoms with Crippen LogP contribution in [0.1, 0.15) is 23.8 Å².